The molecule has 0 aliphatic carbocycles. The number of anilines is 1. The molecule has 0 radical (unpaired) electrons. The van der Waals surface area contributed by atoms with Crippen LogP contribution < -0.4 is 5.32 Å². The number of amides is 1. The van der Waals surface area contributed by atoms with Gasteiger partial charge >= 0.3 is 6.18 Å². The highest BCUT2D eigenvalue weighted by Gasteiger charge is 2.29. The van der Waals surface area contributed by atoms with Crippen molar-refractivity contribution in [2.45, 2.75) is 19.0 Å². The Labute approximate surface area is 151 Å². The summed E-state index contributed by atoms with van der Waals surface area (Å²) in [5.41, 5.74) is 1.37. The van der Waals surface area contributed by atoms with E-state index < -0.39 is 11.7 Å². The lowest BCUT2D eigenvalue weighted by Gasteiger charge is -2.08. The van der Waals surface area contributed by atoms with Crippen LogP contribution in [-0.2, 0) is 17.4 Å². The van der Waals surface area contributed by atoms with Crippen molar-refractivity contribution in [1.82, 2.24) is 9.97 Å². The molecule has 0 aliphatic heterocycles. The smallest absolute Gasteiger partial charge is 0.326 e. The molecule has 0 bridgehead atoms. The molecule has 0 aliphatic rings. The lowest BCUT2D eigenvalue weighted by atomic mass is 10.2. The third-order valence-electron chi connectivity index (χ3n) is 3.59. The van der Waals surface area contributed by atoms with Crippen molar-refractivity contribution in [3.05, 3.63) is 64.7 Å². The second kappa shape index (κ2) is 7.65. The van der Waals surface area contributed by atoms with Gasteiger partial charge in [-0.15, -0.1) is 11.3 Å². The van der Waals surface area contributed by atoms with Gasteiger partial charge in [0.2, 0.25) is 5.91 Å². The molecule has 3 rings (SSSR count). The molecule has 0 spiro atoms. The average molecular weight is 377 g/mol. The number of rotatable bonds is 5. The SMILES string of the molecule is O=C(CCc1nc(-c2ccncc2)cs1)Nc1ccc(C(F)(F)F)cc1. The minimum absolute atomic E-state index is 0.199. The fourth-order valence-corrected chi connectivity index (χ4v) is 3.07. The number of pyridine rings is 1. The van der Waals surface area contributed by atoms with Gasteiger partial charge in [-0.1, -0.05) is 0 Å². The molecular formula is C18H14F3N3OS. The van der Waals surface area contributed by atoms with Crippen LogP contribution in [0.2, 0.25) is 0 Å². The molecule has 1 N–H and O–H groups in total. The summed E-state index contributed by atoms with van der Waals surface area (Å²) in [5, 5.41) is 5.33. The fraction of sp³-hybridized carbons (Fsp3) is 0.167. The second-order valence-corrected chi connectivity index (χ2v) is 6.43. The monoisotopic (exact) mass is 377 g/mol. The minimum atomic E-state index is -4.39. The summed E-state index contributed by atoms with van der Waals surface area (Å²) in [5.74, 6) is -0.273. The molecule has 8 heteroatoms. The van der Waals surface area contributed by atoms with Crippen LogP contribution >= 0.6 is 11.3 Å². The maximum Gasteiger partial charge on any atom is 0.416 e. The zero-order valence-electron chi connectivity index (χ0n) is 13.5. The van der Waals surface area contributed by atoms with Crippen LogP contribution in [0, 0.1) is 0 Å². The number of aromatic nitrogens is 2. The standard InChI is InChI=1S/C18H14F3N3OS/c19-18(20,21)13-1-3-14(4-2-13)23-16(25)5-6-17-24-15(11-26-17)12-7-9-22-10-8-12/h1-4,7-11H,5-6H2,(H,23,25). The number of halogens is 3. The Bertz CT molecular complexity index is 877. The van der Waals surface area contributed by atoms with Crippen molar-refractivity contribution >= 4 is 22.9 Å². The fourth-order valence-electron chi connectivity index (χ4n) is 2.27. The summed E-state index contributed by atoms with van der Waals surface area (Å²) in [6.07, 6.45) is -0.357. The molecular weight excluding hydrogens is 363 g/mol. The van der Waals surface area contributed by atoms with Gasteiger partial charge in [0.1, 0.15) is 0 Å². The van der Waals surface area contributed by atoms with Gasteiger partial charge in [0.25, 0.3) is 0 Å². The van der Waals surface area contributed by atoms with E-state index >= 15 is 0 Å². The summed E-state index contributed by atoms with van der Waals surface area (Å²) in [6.45, 7) is 0. The average Bonchev–Trinajstić information content (AvgIpc) is 3.09. The number of carbonyl (C=O) groups is 1. The van der Waals surface area contributed by atoms with Crippen LogP contribution in [0.25, 0.3) is 11.3 Å². The summed E-state index contributed by atoms with van der Waals surface area (Å²) in [6, 6.07) is 8.08. The Morgan fingerprint density at radius 2 is 1.77 bits per heavy atom. The summed E-state index contributed by atoms with van der Waals surface area (Å²) >= 11 is 1.46. The quantitative estimate of drug-likeness (QED) is 0.695. The molecule has 0 saturated heterocycles. The Morgan fingerprint density at radius 1 is 1.08 bits per heavy atom. The molecule has 0 fully saturated rings. The normalized spacial score (nSPS) is 11.3. The molecule has 1 amide bonds. The van der Waals surface area contributed by atoms with Crippen molar-refractivity contribution in [3.8, 4) is 11.3 Å². The predicted molar refractivity (Wildman–Crippen MR) is 93.7 cm³/mol. The Morgan fingerprint density at radius 3 is 2.42 bits per heavy atom. The van der Waals surface area contributed by atoms with Gasteiger partial charge in [-0.3, -0.25) is 9.78 Å². The van der Waals surface area contributed by atoms with Gasteiger partial charge in [-0.25, -0.2) is 4.98 Å². The number of thiazole rings is 1. The molecule has 0 saturated carbocycles. The van der Waals surface area contributed by atoms with Gasteiger partial charge in [0, 0.05) is 41.9 Å². The number of aryl methyl sites for hydroxylation is 1. The van der Waals surface area contributed by atoms with Crippen molar-refractivity contribution in [3.63, 3.8) is 0 Å². The molecule has 2 aromatic heterocycles. The van der Waals surface area contributed by atoms with E-state index in [2.05, 4.69) is 15.3 Å². The van der Waals surface area contributed by atoms with Gasteiger partial charge < -0.3 is 5.32 Å². The highest BCUT2D eigenvalue weighted by Crippen LogP contribution is 2.29. The Kier molecular flexibility index (Phi) is 5.32. The van der Waals surface area contributed by atoms with Gasteiger partial charge in [0.05, 0.1) is 16.3 Å². The van der Waals surface area contributed by atoms with Gasteiger partial charge in [-0.05, 0) is 36.4 Å². The number of hydrogen-bond donors (Lipinski definition) is 1. The predicted octanol–water partition coefficient (Wildman–Crippen LogP) is 4.80. The number of nitrogens with zero attached hydrogens (tertiary/aromatic N) is 2. The third kappa shape index (κ3) is 4.66. The third-order valence-corrected chi connectivity index (χ3v) is 4.50. The van der Waals surface area contributed by atoms with Crippen molar-refractivity contribution in [2.75, 3.05) is 5.32 Å². The maximum absolute atomic E-state index is 12.5. The van der Waals surface area contributed by atoms with E-state index in [4.69, 9.17) is 0 Å². The molecule has 1 aromatic carbocycles. The molecule has 3 aromatic rings. The van der Waals surface area contributed by atoms with Crippen molar-refractivity contribution < 1.29 is 18.0 Å². The van der Waals surface area contributed by atoms with Crippen LogP contribution in [0.15, 0.2) is 54.2 Å². The molecule has 134 valence electrons. The Hall–Kier alpha value is -2.74. The first kappa shape index (κ1) is 18.1. The molecule has 2 heterocycles. The zero-order valence-corrected chi connectivity index (χ0v) is 14.3. The molecule has 0 unspecified atom stereocenters. The molecule has 0 atom stereocenters. The second-order valence-electron chi connectivity index (χ2n) is 5.49. The number of hydrogen-bond acceptors (Lipinski definition) is 4. The van der Waals surface area contributed by atoms with Crippen LogP contribution in [0.4, 0.5) is 18.9 Å². The Balaban J connectivity index is 1.54. The van der Waals surface area contributed by atoms with E-state index in [9.17, 15) is 18.0 Å². The van der Waals surface area contributed by atoms with E-state index in [0.717, 1.165) is 28.4 Å². The van der Waals surface area contributed by atoms with E-state index in [1.165, 1.54) is 23.5 Å². The van der Waals surface area contributed by atoms with Crippen LogP contribution in [0.3, 0.4) is 0 Å². The van der Waals surface area contributed by atoms with Crippen LogP contribution in [-0.4, -0.2) is 15.9 Å². The van der Waals surface area contributed by atoms with E-state index in [-0.39, 0.29) is 12.3 Å². The number of nitrogens with one attached hydrogen (secondary N) is 1. The van der Waals surface area contributed by atoms with E-state index in [1.807, 2.05) is 17.5 Å². The number of alkyl halides is 3. The summed E-state index contributed by atoms with van der Waals surface area (Å²) < 4.78 is 37.6. The largest absolute Gasteiger partial charge is 0.416 e. The summed E-state index contributed by atoms with van der Waals surface area (Å²) in [4.78, 5) is 20.4. The molecule has 26 heavy (non-hydrogen) atoms. The highest BCUT2D eigenvalue weighted by molar-refractivity contribution is 7.09. The van der Waals surface area contributed by atoms with Crippen LogP contribution in [0.5, 0.6) is 0 Å². The van der Waals surface area contributed by atoms with E-state index in [0.29, 0.717) is 12.1 Å². The number of benzene rings is 1. The lowest BCUT2D eigenvalue weighted by Crippen LogP contribution is -2.12. The van der Waals surface area contributed by atoms with Gasteiger partial charge in [-0.2, -0.15) is 13.2 Å². The first-order valence-corrected chi connectivity index (χ1v) is 8.62. The maximum atomic E-state index is 12.5. The van der Waals surface area contributed by atoms with Crippen LogP contribution in [0.1, 0.15) is 17.0 Å². The lowest BCUT2D eigenvalue weighted by molar-refractivity contribution is -0.137. The topological polar surface area (TPSA) is 54.9 Å². The van der Waals surface area contributed by atoms with E-state index in [1.54, 1.807) is 12.4 Å². The summed E-state index contributed by atoms with van der Waals surface area (Å²) in [7, 11) is 0. The number of carbonyl (C=O) groups excluding carboxylic acids is 1. The zero-order chi connectivity index (χ0) is 18.6. The first-order valence-electron chi connectivity index (χ1n) is 7.74. The highest BCUT2D eigenvalue weighted by atomic mass is 32.1. The molecule has 4 nitrogen and oxygen atoms in total. The van der Waals surface area contributed by atoms with Gasteiger partial charge in [0.15, 0.2) is 0 Å². The minimum Gasteiger partial charge on any atom is -0.326 e. The van der Waals surface area contributed by atoms with Crippen molar-refractivity contribution in [1.29, 1.82) is 0 Å². The van der Waals surface area contributed by atoms with Crippen molar-refractivity contribution in [2.24, 2.45) is 0 Å². The first-order chi connectivity index (χ1) is 12.4.